The summed E-state index contributed by atoms with van der Waals surface area (Å²) in [5.41, 5.74) is 5.33. The lowest BCUT2D eigenvalue weighted by molar-refractivity contribution is -0.127. The molecule has 0 heterocycles. The Morgan fingerprint density at radius 3 is 2.71 bits per heavy atom. The van der Waals surface area contributed by atoms with Crippen molar-refractivity contribution in [2.24, 2.45) is 11.7 Å². The van der Waals surface area contributed by atoms with Gasteiger partial charge in [-0.05, 0) is 38.9 Å². The predicted molar refractivity (Wildman–Crippen MR) is 61.3 cm³/mol. The van der Waals surface area contributed by atoms with Gasteiger partial charge in [0.05, 0.1) is 5.54 Å². The molecule has 1 saturated carbocycles. The van der Waals surface area contributed by atoms with Crippen LogP contribution in [0.1, 0.15) is 26.7 Å². The van der Waals surface area contributed by atoms with E-state index in [-0.39, 0.29) is 11.9 Å². The second kappa shape index (κ2) is 4.53. The maximum Gasteiger partial charge on any atom is 0.240 e. The molecule has 2 unspecified atom stereocenters. The zero-order valence-corrected chi connectivity index (χ0v) is 9.99. The molecule has 0 aromatic carbocycles. The molecule has 0 spiro atoms. The van der Waals surface area contributed by atoms with E-state index in [1.54, 1.807) is 11.8 Å². The Morgan fingerprint density at radius 2 is 2.29 bits per heavy atom. The highest BCUT2D eigenvalue weighted by Crippen LogP contribution is 2.38. The summed E-state index contributed by atoms with van der Waals surface area (Å²) in [5, 5.41) is 2.96. The number of nitrogens with two attached hydrogens (primary N) is 1. The van der Waals surface area contributed by atoms with Crippen molar-refractivity contribution in [2.75, 3.05) is 12.0 Å². The van der Waals surface area contributed by atoms with Crippen molar-refractivity contribution in [3.8, 4) is 0 Å². The van der Waals surface area contributed by atoms with Crippen molar-refractivity contribution >= 4 is 17.7 Å². The number of carbonyl (C=O) groups is 1. The molecule has 1 rings (SSSR count). The molecule has 1 amide bonds. The fourth-order valence-electron chi connectivity index (χ4n) is 1.54. The summed E-state index contributed by atoms with van der Waals surface area (Å²) in [6.45, 7) is 3.85. The topological polar surface area (TPSA) is 55.1 Å². The summed E-state index contributed by atoms with van der Waals surface area (Å²) in [4.78, 5) is 11.8. The van der Waals surface area contributed by atoms with Gasteiger partial charge in [0.2, 0.25) is 5.91 Å². The molecule has 1 aliphatic carbocycles. The van der Waals surface area contributed by atoms with Crippen LogP contribution in [0.25, 0.3) is 0 Å². The Kier molecular flexibility index (Phi) is 3.84. The standard InChI is InChI=1S/C10H20N2OS/c1-7(6-14-3)12-9(13)10(2,11)8-4-5-8/h7-8H,4-6,11H2,1-3H3,(H,12,13). The van der Waals surface area contributed by atoms with Crippen LogP contribution in [0.3, 0.4) is 0 Å². The van der Waals surface area contributed by atoms with Gasteiger partial charge in [-0.1, -0.05) is 0 Å². The van der Waals surface area contributed by atoms with Gasteiger partial charge < -0.3 is 11.1 Å². The Bertz CT molecular complexity index is 214. The highest BCUT2D eigenvalue weighted by molar-refractivity contribution is 7.98. The maximum absolute atomic E-state index is 11.8. The molecule has 0 aromatic rings. The summed E-state index contributed by atoms with van der Waals surface area (Å²) in [6, 6.07) is 0.208. The fraction of sp³-hybridized carbons (Fsp3) is 0.900. The van der Waals surface area contributed by atoms with E-state index in [4.69, 9.17) is 5.73 Å². The number of thioether (sulfide) groups is 1. The molecule has 2 atom stereocenters. The largest absolute Gasteiger partial charge is 0.351 e. The van der Waals surface area contributed by atoms with Crippen molar-refractivity contribution in [3.63, 3.8) is 0 Å². The smallest absolute Gasteiger partial charge is 0.240 e. The minimum absolute atomic E-state index is 0.00144. The van der Waals surface area contributed by atoms with Crippen molar-refractivity contribution < 1.29 is 4.79 Å². The lowest BCUT2D eigenvalue weighted by atomic mass is 9.96. The van der Waals surface area contributed by atoms with Crippen LogP contribution in [0, 0.1) is 5.92 Å². The van der Waals surface area contributed by atoms with Gasteiger partial charge in [0.15, 0.2) is 0 Å². The first-order chi connectivity index (χ1) is 6.48. The minimum Gasteiger partial charge on any atom is -0.351 e. The van der Waals surface area contributed by atoms with Crippen molar-refractivity contribution in [1.82, 2.24) is 5.32 Å². The van der Waals surface area contributed by atoms with E-state index in [0.717, 1.165) is 18.6 Å². The number of carbonyl (C=O) groups excluding carboxylic acids is 1. The van der Waals surface area contributed by atoms with Gasteiger partial charge in [-0.25, -0.2) is 0 Å². The number of hydrogen-bond donors (Lipinski definition) is 2. The third-order valence-corrected chi connectivity index (χ3v) is 3.54. The molecule has 0 aromatic heterocycles. The molecule has 4 heteroatoms. The quantitative estimate of drug-likeness (QED) is 0.720. The van der Waals surface area contributed by atoms with Gasteiger partial charge in [0, 0.05) is 11.8 Å². The number of rotatable bonds is 5. The van der Waals surface area contributed by atoms with Gasteiger partial charge in [0.1, 0.15) is 0 Å². The average molecular weight is 216 g/mol. The fourth-order valence-corrected chi connectivity index (χ4v) is 2.12. The van der Waals surface area contributed by atoms with E-state index in [1.807, 2.05) is 20.1 Å². The zero-order chi connectivity index (χ0) is 10.8. The van der Waals surface area contributed by atoms with Gasteiger partial charge in [-0.15, -0.1) is 0 Å². The number of hydrogen-bond acceptors (Lipinski definition) is 3. The lowest BCUT2D eigenvalue weighted by Gasteiger charge is -2.25. The molecule has 3 N–H and O–H groups in total. The lowest BCUT2D eigenvalue weighted by Crippen LogP contribution is -2.55. The first-order valence-corrected chi connectivity index (χ1v) is 6.46. The molecular weight excluding hydrogens is 196 g/mol. The molecule has 1 aliphatic rings. The van der Waals surface area contributed by atoms with Gasteiger partial charge in [-0.3, -0.25) is 4.79 Å². The summed E-state index contributed by atoms with van der Waals surface area (Å²) >= 11 is 1.73. The van der Waals surface area contributed by atoms with Gasteiger partial charge in [-0.2, -0.15) is 11.8 Å². The normalized spacial score (nSPS) is 22.6. The van der Waals surface area contributed by atoms with E-state index in [9.17, 15) is 4.79 Å². The van der Waals surface area contributed by atoms with Crippen LogP contribution in [0.2, 0.25) is 0 Å². The summed E-state index contributed by atoms with van der Waals surface area (Å²) < 4.78 is 0. The van der Waals surface area contributed by atoms with E-state index < -0.39 is 5.54 Å². The van der Waals surface area contributed by atoms with Crippen LogP contribution in [0.4, 0.5) is 0 Å². The number of amides is 1. The molecule has 1 fully saturated rings. The molecule has 14 heavy (non-hydrogen) atoms. The Balaban J connectivity index is 2.40. The third kappa shape index (κ3) is 2.89. The van der Waals surface area contributed by atoms with Crippen LogP contribution < -0.4 is 11.1 Å². The first-order valence-electron chi connectivity index (χ1n) is 5.07. The van der Waals surface area contributed by atoms with Gasteiger partial charge in [0.25, 0.3) is 0 Å². The molecule has 82 valence electrons. The zero-order valence-electron chi connectivity index (χ0n) is 9.17. The Hall–Kier alpha value is -0.220. The molecular formula is C10H20N2OS. The Morgan fingerprint density at radius 1 is 1.71 bits per heavy atom. The third-order valence-electron chi connectivity index (χ3n) is 2.71. The molecule has 0 aliphatic heterocycles. The maximum atomic E-state index is 11.8. The predicted octanol–water partition coefficient (Wildman–Crippen LogP) is 0.981. The van der Waals surface area contributed by atoms with E-state index in [0.29, 0.717) is 5.92 Å². The van der Waals surface area contributed by atoms with E-state index in [2.05, 4.69) is 5.32 Å². The van der Waals surface area contributed by atoms with Crippen molar-refractivity contribution in [2.45, 2.75) is 38.3 Å². The van der Waals surface area contributed by atoms with Crippen LogP contribution in [0.5, 0.6) is 0 Å². The van der Waals surface area contributed by atoms with Crippen LogP contribution in [0.15, 0.2) is 0 Å². The monoisotopic (exact) mass is 216 g/mol. The van der Waals surface area contributed by atoms with Crippen LogP contribution in [-0.4, -0.2) is 29.5 Å². The van der Waals surface area contributed by atoms with Crippen molar-refractivity contribution in [1.29, 1.82) is 0 Å². The summed E-state index contributed by atoms with van der Waals surface area (Å²) in [7, 11) is 0. The second-order valence-corrected chi connectivity index (χ2v) is 5.30. The molecule has 0 radical (unpaired) electrons. The van der Waals surface area contributed by atoms with E-state index >= 15 is 0 Å². The van der Waals surface area contributed by atoms with E-state index in [1.165, 1.54) is 0 Å². The molecule has 0 bridgehead atoms. The highest BCUT2D eigenvalue weighted by atomic mass is 32.2. The molecule has 3 nitrogen and oxygen atoms in total. The Labute approximate surface area is 90.2 Å². The summed E-state index contributed by atoms with van der Waals surface area (Å²) in [6.07, 6.45) is 4.22. The van der Waals surface area contributed by atoms with Gasteiger partial charge >= 0.3 is 0 Å². The highest BCUT2D eigenvalue weighted by Gasteiger charge is 2.44. The second-order valence-electron chi connectivity index (χ2n) is 4.39. The summed E-state index contributed by atoms with van der Waals surface area (Å²) in [5.74, 6) is 1.33. The van der Waals surface area contributed by atoms with Crippen LogP contribution in [-0.2, 0) is 4.79 Å². The molecule has 0 saturated heterocycles. The average Bonchev–Trinajstić information content (AvgIpc) is 2.86. The van der Waals surface area contributed by atoms with Crippen molar-refractivity contribution in [3.05, 3.63) is 0 Å². The number of nitrogens with one attached hydrogen (secondary N) is 1. The van der Waals surface area contributed by atoms with Crippen LogP contribution >= 0.6 is 11.8 Å². The first kappa shape index (κ1) is 11.9. The SMILES string of the molecule is CSCC(C)NC(=O)C(C)(N)C1CC1. The minimum atomic E-state index is -0.660.